The van der Waals surface area contributed by atoms with Gasteiger partial charge in [-0.05, 0) is 295 Å². The Labute approximate surface area is 345 Å². The van der Waals surface area contributed by atoms with Crippen molar-refractivity contribution in [3.63, 3.8) is 0 Å². The van der Waals surface area contributed by atoms with E-state index in [1.54, 1.807) is 16.7 Å². The lowest BCUT2D eigenvalue weighted by Crippen LogP contribution is -2.51. The SMILES string of the molecule is COc1c(C23CC4C[C@H](C2)C[C@@H](C4)C3)cc([PH](=O)c2cc(C34CC5C[C@H](C3)C[C@@H](C5)C4)c(C)c(C34CC5C[C@H](C3)C[C@@H](C5)C4)c2)cc1C12CC3C[C@H](C1)C[C@@H](C3)C2. The molecule has 0 saturated heterocycles. The van der Waals surface area contributed by atoms with Crippen molar-refractivity contribution in [2.24, 2.45) is 71.0 Å². The number of ether oxygens (including phenoxy) is 1. The van der Waals surface area contributed by atoms with Gasteiger partial charge in [-0.3, -0.25) is 0 Å². The fourth-order valence-corrected chi connectivity index (χ4v) is 23.1. The Hall–Kier alpha value is -1.53. The van der Waals surface area contributed by atoms with Gasteiger partial charge < -0.3 is 9.30 Å². The summed E-state index contributed by atoms with van der Waals surface area (Å²) in [6.45, 7) is 2.58. The summed E-state index contributed by atoms with van der Waals surface area (Å²) >= 11 is 0. The van der Waals surface area contributed by atoms with Gasteiger partial charge in [-0.25, -0.2) is 0 Å². The lowest BCUT2D eigenvalue weighted by molar-refractivity contribution is -0.0102. The van der Waals surface area contributed by atoms with E-state index in [0.29, 0.717) is 10.8 Å². The van der Waals surface area contributed by atoms with Crippen LogP contribution in [-0.4, -0.2) is 7.11 Å². The van der Waals surface area contributed by atoms with Crippen LogP contribution in [0.15, 0.2) is 24.3 Å². The van der Waals surface area contributed by atoms with E-state index in [2.05, 4.69) is 31.2 Å². The average Bonchev–Trinajstić information content (AvgIpc) is 3.15. The van der Waals surface area contributed by atoms with Crippen LogP contribution in [-0.2, 0) is 26.2 Å². The van der Waals surface area contributed by atoms with Gasteiger partial charge in [0.2, 0.25) is 0 Å². The normalized spacial score (nSPS) is 50.6. The zero-order valence-corrected chi connectivity index (χ0v) is 36.5. The molecule has 0 heterocycles. The molecule has 0 amide bonds. The highest BCUT2D eigenvalue weighted by Gasteiger charge is 2.58. The van der Waals surface area contributed by atoms with Crippen molar-refractivity contribution in [3.05, 3.63) is 52.1 Å². The van der Waals surface area contributed by atoms with Crippen LogP contribution < -0.4 is 15.3 Å². The molecule has 0 spiro atoms. The molecule has 2 aromatic carbocycles. The number of hydrogen-bond acceptors (Lipinski definition) is 2. The van der Waals surface area contributed by atoms with Crippen molar-refractivity contribution in [2.45, 2.75) is 183 Å². The third-order valence-electron chi connectivity index (χ3n) is 21.7. The zero-order valence-electron chi connectivity index (χ0n) is 35.5. The molecule has 304 valence electrons. The average molecular weight is 783 g/mol. The standard InChI is InChI=1S/C54H71O2P/c1-31-46(51-19-32-3-33(20-51)5-34(4-32)21-51)15-44(16-47(31)52-22-35-6-36(23-52)8-37(7-35)24-52)57(55)45-17-48(53-25-38-9-39(26-53)11-40(10-38)27-53)50(56-2)49(18-45)54-28-41-12-42(29-54)14-43(13-41)30-54/h15-18,32-43,57H,3-14,19-30H2,1-2H3/t32-,33+,34?,35-,36+,37?,38-,39+,40?,41-,42+,43?,51?,52?,53?,54?. The van der Waals surface area contributed by atoms with E-state index in [-0.39, 0.29) is 10.8 Å². The van der Waals surface area contributed by atoms with Crippen LogP contribution in [0.3, 0.4) is 0 Å². The van der Waals surface area contributed by atoms with Crippen LogP contribution in [0.1, 0.15) is 182 Å². The minimum absolute atomic E-state index is 0.220. The summed E-state index contributed by atoms with van der Waals surface area (Å²) in [6, 6.07) is 10.4. The predicted octanol–water partition coefficient (Wildman–Crippen LogP) is 12.4. The van der Waals surface area contributed by atoms with Crippen molar-refractivity contribution in [1.82, 2.24) is 0 Å². The number of rotatable bonds is 7. The highest BCUT2D eigenvalue weighted by Crippen LogP contribution is 2.67. The molecule has 0 N–H and O–H groups in total. The molecule has 2 nitrogen and oxygen atoms in total. The van der Waals surface area contributed by atoms with Gasteiger partial charge in [-0.1, -0.05) is 0 Å². The molecule has 16 aliphatic rings. The van der Waals surface area contributed by atoms with Crippen LogP contribution in [0.2, 0.25) is 0 Å². The molecule has 1 atom stereocenters. The summed E-state index contributed by atoms with van der Waals surface area (Å²) in [5.74, 6) is 12.1. The minimum Gasteiger partial charge on any atom is -0.496 e. The van der Waals surface area contributed by atoms with E-state index >= 15 is 4.57 Å². The summed E-state index contributed by atoms with van der Waals surface area (Å²) < 4.78 is 23.1. The molecule has 0 aromatic heterocycles. The zero-order chi connectivity index (χ0) is 37.6. The minimum atomic E-state index is -2.26. The predicted molar refractivity (Wildman–Crippen MR) is 232 cm³/mol. The van der Waals surface area contributed by atoms with E-state index in [0.717, 1.165) is 71.0 Å². The quantitative estimate of drug-likeness (QED) is 0.262. The van der Waals surface area contributed by atoms with E-state index < -0.39 is 7.80 Å². The highest BCUT2D eigenvalue weighted by molar-refractivity contribution is 7.61. The molecule has 3 heteroatoms. The molecular formula is C54H71O2P. The Morgan fingerprint density at radius 1 is 0.404 bits per heavy atom. The summed E-state index contributed by atoms with van der Waals surface area (Å²) in [7, 11) is -0.243. The molecule has 16 fully saturated rings. The molecular weight excluding hydrogens is 712 g/mol. The van der Waals surface area contributed by atoms with Gasteiger partial charge in [-0.2, -0.15) is 0 Å². The molecule has 18 rings (SSSR count). The van der Waals surface area contributed by atoms with Gasteiger partial charge in [0.05, 0.1) is 7.11 Å². The fraction of sp³-hybridized carbons (Fsp3) is 0.778. The molecule has 0 aliphatic heterocycles. The smallest absolute Gasteiger partial charge is 0.131 e. The maximum Gasteiger partial charge on any atom is 0.131 e. The Kier molecular flexibility index (Phi) is 7.32. The van der Waals surface area contributed by atoms with Crippen LogP contribution in [0.4, 0.5) is 0 Å². The van der Waals surface area contributed by atoms with Crippen LogP contribution in [0, 0.1) is 77.9 Å². The third-order valence-corrected chi connectivity index (χ3v) is 23.3. The van der Waals surface area contributed by atoms with Gasteiger partial charge in [0.1, 0.15) is 13.6 Å². The largest absolute Gasteiger partial charge is 0.496 e. The van der Waals surface area contributed by atoms with E-state index in [4.69, 9.17) is 4.74 Å². The first-order valence-corrected chi connectivity index (χ1v) is 26.5. The van der Waals surface area contributed by atoms with Gasteiger partial charge in [0, 0.05) is 21.7 Å². The van der Waals surface area contributed by atoms with Crippen LogP contribution in [0.5, 0.6) is 5.75 Å². The first-order valence-electron chi connectivity index (χ1n) is 25.1. The number of methoxy groups -OCH3 is 1. The lowest BCUT2D eigenvalue weighted by atomic mass is 9.46. The Morgan fingerprint density at radius 3 is 0.842 bits per heavy atom. The second-order valence-electron chi connectivity index (χ2n) is 25.4. The van der Waals surface area contributed by atoms with Crippen molar-refractivity contribution < 1.29 is 9.30 Å². The van der Waals surface area contributed by atoms with Crippen LogP contribution >= 0.6 is 7.80 Å². The topological polar surface area (TPSA) is 26.3 Å². The van der Waals surface area contributed by atoms with Crippen molar-refractivity contribution in [1.29, 1.82) is 0 Å². The summed E-state index contributed by atoms with van der Waals surface area (Å²) in [4.78, 5) is 0. The lowest BCUT2D eigenvalue weighted by Gasteiger charge is -2.59. The second-order valence-corrected chi connectivity index (χ2v) is 27.2. The van der Waals surface area contributed by atoms with Crippen molar-refractivity contribution in [3.8, 4) is 5.75 Å². The molecule has 1 unspecified atom stereocenters. The molecule has 57 heavy (non-hydrogen) atoms. The summed E-state index contributed by atoms with van der Waals surface area (Å²) in [6.07, 6.45) is 34.2. The highest BCUT2D eigenvalue weighted by atomic mass is 31.1. The summed E-state index contributed by atoms with van der Waals surface area (Å²) in [5.41, 5.74) is 9.19. The maximum absolute atomic E-state index is 16.2. The Balaban J connectivity index is 0.958. The molecule has 0 radical (unpaired) electrons. The van der Waals surface area contributed by atoms with Gasteiger partial charge >= 0.3 is 0 Å². The van der Waals surface area contributed by atoms with Crippen molar-refractivity contribution >= 4 is 18.4 Å². The fourth-order valence-electron chi connectivity index (χ4n) is 21.6. The molecule has 16 saturated carbocycles. The van der Waals surface area contributed by atoms with Gasteiger partial charge in [0.15, 0.2) is 0 Å². The first kappa shape index (κ1) is 35.1. The second kappa shape index (κ2) is 11.9. The summed E-state index contributed by atoms with van der Waals surface area (Å²) in [5, 5.41) is 2.47. The van der Waals surface area contributed by atoms with Gasteiger partial charge in [-0.15, -0.1) is 0 Å². The molecule has 16 bridgehead atoms. The van der Waals surface area contributed by atoms with E-state index in [1.807, 2.05) is 7.11 Å². The van der Waals surface area contributed by atoms with E-state index in [1.165, 1.54) is 182 Å². The monoisotopic (exact) mass is 783 g/mol. The first-order chi connectivity index (χ1) is 27.6. The molecule has 16 aliphatic carbocycles. The number of hydrogen-bond donors (Lipinski definition) is 0. The third kappa shape index (κ3) is 5.04. The van der Waals surface area contributed by atoms with Crippen LogP contribution in [0.25, 0.3) is 0 Å². The van der Waals surface area contributed by atoms with Crippen molar-refractivity contribution in [2.75, 3.05) is 7.11 Å². The van der Waals surface area contributed by atoms with Gasteiger partial charge in [0.25, 0.3) is 0 Å². The number of benzene rings is 2. The molecule has 2 aromatic rings. The van der Waals surface area contributed by atoms with E-state index in [9.17, 15) is 0 Å². The Morgan fingerprint density at radius 2 is 0.614 bits per heavy atom. The Bertz CT molecular complexity index is 1800. The maximum atomic E-state index is 16.2.